The molecule has 13 heteroatoms. The Morgan fingerprint density at radius 2 is 1.85 bits per heavy atom. The second-order valence-corrected chi connectivity index (χ2v) is 7.17. The van der Waals surface area contributed by atoms with Crippen LogP contribution >= 0.6 is 0 Å². The number of aliphatic carboxylic acids is 1. The number of likely N-dealkylation sites (N-methyl/N-ethyl adjacent to an activating group) is 1. The Morgan fingerprint density at radius 1 is 1.15 bits per heavy atom. The Hall–Kier alpha value is -4.81. The van der Waals surface area contributed by atoms with Crippen LogP contribution in [0, 0.1) is 20.2 Å². The third-order valence-corrected chi connectivity index (χ3v) is 4.93. The molecule has 0 saturated carbocycles. The summed E-state index contributed by atoms with van der Waals surface area (Å²) >= 11 is 0. The summed E-state index contributed by atoms with van der Waals surface area (Å²) < 4.78 is 6.43. The van der Waals surface area contributed by atoms with Crippen molar-refractivity contribution in [1.82, 2.24) is 14.5 Å². The normalized spacial score (nSPS) is 11.4. The van der Waals surface area contributed by atoms with Gasteiger partial charge in [0.05, 0.1) is 27.9 Å². The monoisotopic (exact) mass is 469 g/mol. The van der Waals surface area contributed by atoms with Crippen LogP contribution in [0.25, 0.3) is 5.69 Å². The van der Waals surface area contributed by atoms with Gasteiger partial charge in [0.25, 0.3) is 11.4 Å². The van der Waals surface area contributed by atoms with Crippen molar-refractivity contribution in [3.8, 4) is 5.69 Å². The Labute approximate surface area is 192 Å². The number of hydrogen-bond acceptors (Lipinski definition) is 8. The maximum Gasteiger partial charge on any atom is 0.410 e. The topological polar surface area (TPSA) is 171 Å². The standard InChI is InChI=1S/C21H19N5O8/c1-23(21(29)34-12-14-5-3-2-4-6-14)19(20(27)28)9-15-11-24(13-22-15)17-8-7-16(25(30)31)10-18(17)26(32)33/h2-8,10-11,13,19H,9,12H2,1H3,(H,27,28)/t19-/m0/s1. The van der Waals surface area contributed by atoms with E-state index in [1.54, 1.807) is 24.3 Å². The van der Waals surface area contributed by atoms with Crippen LogP contribution in [-0.2, 0) is 22.6 Å². The first-order chi connectivity index (χ1) is 16.2. The number of imidazole rings is 1. The maximum absolute atomic E-state index is 12.4. The fraction of sp³-hybridized carbons (Fsp3) is 0.190. The van der Waals surface area contributed by atoms with Gasteiger partial charge in [-0.05, 0) is 11.6 Å². The Balaban J connectivity index is 1.76. The van der Waals surface area contributed by atoms with Crippen molar-refractivity contribution >= 4 is 23.4 Å². The quantitative estimate of drug-likeness (QED) is 0.365. The van der Waals surface area contributed by atoms with Gasteiger partial charge in [-0.3, -0.25) is 29.7 Å². The van der Waals surface area contributed by atoms with Gasteiger partial charge in [0, 0.05) is 25.7 Å². The molecule has 34 heavy (non-hydrogen) atoms. The van der Waals surface area contributed by atoms with E-state index in [-0.39, 0.29) is 24.4 Å². The second kappa shape index (κ2) is 10.2. The van der Waals surface area contributed by atoms with Crippen LogP contribution in [0.4, 0.5) is 16.2 Å². The third kappa shape index (κ3) is 5.51. The molecule has 3 rings (SSSR count). The zero-order valence-corrected chi connectivity index (χ0v) is 17.8. The number of carbonyl (C=O) groups is 2. The molecule has 0 spiro atoms. The molecule has 0 radical (unpaired) electrons. The number of carbonyl (C=O) groups excluding carboxylic acids is 1. The minimum atomic E-state index is -1.32. The number of non-ortho nitro benzene ring substituents is 1. The Morgan fingerprint density at radius 3 is 2.47 bits per heavy atom. The summed E-state index contributed by atoms with van der Waals surface area (Å²) in [6, 6.07) is 10.7. The molecule has 0 bridgehead atoms. The van der Waals surface area contributed by atoms with Crippen LogP contribution in [0.1, 0.15) is 11.3 Å². The molecule has 0 fully saturated rings. The van der Waals surface area contributed by atoms with Crippen molar-refractivity contribution in [2.45, 2.75) is 19.1 Å². The summed E-state index contributed by atoms with van der Waals surface area (Å²) in [7, 11) is 1.28. The van der Waals surface area contributed by atoms with Crippen molar-refractivity contribution < 1.29 is 29.3 Å². The summed E-state index contributed by atoms with van der Waals surface area (Å²) in [5, 5.41) is 31.9. The van der Waals surface area contributed by atoms with Gasteiger partial charge in [0.15, 0.2) is 0 Å². The Kier molecular flexibility index (Phi) is 7.16. The van der Waals surface area contributed by atoms with E-state index in [0.717, 1.165) is 22.6 Å². The molecule has 0 aliphatic rings. The van der Waals surface area contributed by atoms with Crippen LogP contribution in [0.2, 0.25) is 0 Å². The zero-order valence-electron chi connectivity index (χ0n) is 17.8. The molecule has 1 amide bonds. The first kappa shape index (κ1) is 23.8. The predicted octanol–water partition coefficient (Wildman–Crippen LogP) is 2.95. The number of carboxylic acids is 1. The number of nitrogens with zero attached hydrogens (tertiary/aromatic N) is 5. The maximum atomic E-state index is 12.4. The molecule has 0 saturated heterocycles. The minimum Gasteiger partial charge on any atom is -0.480 e. The first-order valence-corrected chi connectivity index (χ1v) is 9.79. The lowest BCUT2D eigenvalue weighted by Crippen LogP contribution is -2.44. The molecule has 2 aromatic carbocycles. The van der Waals surface area contributed by atoms with E-state index in [1.165, 1.54) is 30.2 Å². The number of nitro benzene ring substituents is 2. The van der Waals surface area contributed by atoms with Crippen molar-refractivity contribution in [2.24, 2.45) is 0 Å². The van der Waals surface area contributed by atoms with Crippen LogP contribution in [-0.4, -0.2) is 54.6 Å². The van der Waals surface area contributed by atoms with Crippen molar-refractivity contribution in [3.63, 3.8) is 0 Å². The fourth-order valence-corrected chi connectivity index (χ4v) is 3.13. The summed E-state index contributed by atoms with van der Waals surface area (Å²) in [5.41, 5.74) is 0.00563. The average molecular weight is 469 g/mol. The number of amides is 1. The van der Waals surface area contributed by atoms with Gasteiger partial charge in [0.1, 0.15) is 18.3 Å². The van der Waals surface area contributed by atoms with Crippen molar-refractivity contribution in [1.29, 1.82) is 0 Å². The van der Waals surface area contributed by atoms with E-state index >= 15 is 0 Å². The number of carboxylic acid groups (broad SMARTS) is 1. The molecular weight excluding hydrogens is 450 g/mol. The lowest BCUT2D eigenvalue weighted by Gasteiger charge is -2.23. The molecular formula is C21H19N5O8. The number of aromatic nitrogens is 2. The highest BCUT2D eigenvalue weighted by atomic mass is 16.6. The largest absolute Gasteiger partial charge is 0.480 e. The molecule has 1 aromatic heterocycles. The smallest absolute Gasteiger partial charge is 0.410 e. The summed E-state index contributed by atoms with van der Waals surface area (Å²) in [4.78, 5) is 50.0. The molecule has 1 N–H and O–H groups in total. The van der Waals surface area contributed by atoms with Gasteiger partial charge in [0.2, 0.25) is 0 Å². The van der Waals surface area contributed by atoms with Gasteiger partial charge in [-0.25, -0.2) is 14.6 Å². The van der Waals surface area contributed by atoms with Crippen LogP contribution in [0.3, 0.4) is 0 Å². The highest BCUT2D eigenvalue weighted by molar-refractivity contribution is 5.80. The average Bonchev–Trinajstić information content (AvgIpc) is 3.29. The molecule has 0 aliphatic carbocycles. The predicted molar refractivity (Wildman–Crippen MR) is 116 cm³/mol. The van der Waals surface area contributed by atoms with E-state index in [0.29, 0.717) is 0 Å². The van der Waals surface area contributed by atoms with E-state index in [2.05, 4.69) is 4.98 Å². The lowest BCUT2D eigenvalue weighted by molar-refractivity contribution is -0.394. The number of rotatable bonds is 9. The van der Waals surface area contributed by atoms with Crippen LogP contribution < -0.4 is 0 Å². The van der Waals surface area contributed by atoms with Crippen LogP contribution in [0.5, 0.6) is 0 Å². The fourth-order valence-electron chi connectivity index (χ4n) is 3.13. The molecule has 0 aliphatic heterocycles. The number of ether oxygens (including phenoxy) is 1. The van der Waals surface area contributed by atoms with Gasteiger partial charge in [-0.15, -0.1) is 0 Å². The molecule has 1 heterocycles. The van der Waals surface area contributed by atoms with Gasteiger partial charge < -0.3 is 9.84 Å². The van der Waals surface area contributed by atoms with Crippen molar-refractivity contribution in [3.05, 3.63) is 92.5 Å². The summed E-state index contributed by atoms with van der Waals surface area (Å²) in [5.74, 6) is -1.30. The number of nitro groups is 2. The molecule has 1 atom stereocenters. The number of hydrogen-bond donors (Lipinski definition) is 1. The molecule has 0 unspecified atom stereocenters. The summed E-state index contributed by atoms with van der Waals surface area (Å²) in [6.07, 6.45) is 1.52. The molecule has 13 nitrogen and oxygen atoms in total. The lowest BCUT2D eigenvalue weighted by atomic mass is 10.1. The SMILES string of the molecule is CN(C(=O)OCc1ccccc1)[C@@H](Cc1cn(-c2ccc([N+](=O)[O-])cc2[N+](=O)[O-])cn1)C(=O)O. The summed E-state index contributed by atoms with van der Waals surface area (Å²) in [6.45, 7) is -0.0329. The second-order valence-electron chi connectivity index (χ2n) is 7.17. The van der Waals surface area contributed by atoms with Gasteiger partial charge in [-0.1, -0.05) is 30.3 Å². The van der Waals surface area contributed by atoms with E-state index in [9.17, 15) is 34.9 Å². The van der Waals surface area contributed by atoms with E-state index < -0.39 is 39.3 Å². The minimum absolute atomic E-state index is 0.0110. The van der Waals surface area contributed by atoms with Crippen LogP contribution in [0.15, 0.2) is 61.1 Å². The van der Waals surface area contributed by atoms with Crippen molar-refractivity contribution in [2.75, 3.05) is 7.05 Å². The highest BCUT2D eigenvalue weighted by Gasteiger charge is 2.29. The Bertz CT molecular complexity index is 1230. The number of benzene rings is 2. The molecule has 3 aromatic rings. The van der Waals surface area contributed by atoms with E-state index in [4.69, 9.17) is 4.74 Å². The third-order valence-electron chi connectivity index (χ3n) is 4.93. The van der Waals surface area contributed by atoms with Gasteiger partial charge >= 0.3 is 12.1 Å². The van der Waals surface area contributed by atoms with Gasteiger partial charge in [-0.2, -0.15) is 0 Å². The van der Waals surface area contributed by atoms with E-state index in [1.807, 2.05) is 6.07 Å². The molecule has 176 valence electrons. The first-order valence-electron chi connectivity index (χ1n) is 9.79. The highest BCUT2D eigenvalue weighted by Crippen LogP contribution is 2.28. The zero-order chi connectivity index (χ0) is 24.8.